The summed E-state index contributed by atoms with van der Waals surface area (Å²) >= 11 is 3.07. The molecule has 1 heterocycles. The first-order chi connectivity index (χ1) is 15.0. The van der Waals surface area contributed by atoms with Gasteiger partial charge in [-0.3, -0.25) is 24.0 Å². The number of ketones is 2. The van der Waals surface area contributed by atoms with Gasteiger partial charge in [0.15, 0.2) is 11.9 Å². The highest BCUT2D eigenvalue weighted by Crippen LogP contribution is 2.42. The van der Waals surface area contributed by atoms with Crippen LogP contribution in [0.5, 0.6) is 5.75 Å². The van der Waals surface area contributed by atoms with Crippen LogP contribution in [0.3, 0.4) is 0 Å². The summed E-state index contributed by atoms with van der Waals surface area (Å²) in [5, 5.41) is 0. The molecule has 0 spiro atoms. The zero-order valence-electron chi connectivity index (χ0n) is 17.8. The highest BCUT2D eigenvalue weighted by atomic mass is 79.9. The van der Waals surface area contributed by atoms with E-state index in [9.17, 15) is 24.0 Å². The van der Waals surface area contributed by atoms with Gasteiger partial charge in [0.25, 0.3) is 0 Å². The van der Waals surface area contributed by atoms with Gasteiger partial charge in [-0.1, -0.05) is 6.07 Å². The van der Waals surface area contributed by atoms with Crippen LogP contribution in [0, 0.1) is 0 Å². The summed E-state index contributed by atoms with van der Waals surface area (Å²) in [5.41, 5.74) is 0.368. The second kappa shape index (κ2) is 9.33. The van der Waals surface area contributed by atoms with Crippen LogP contribution < -0.4 is 4.74 Å². The first-order valence-corrected chi connectivity index (χ1v) is 10.6. The summed E-state index contributed by atoms with van der Waals surface area (Å²) in [6, 6.07) is 2.99. The molecule has 10 heteroatoms. The van der Waals surface area contributed by atoms with E-state index in [4.69, 9.17) is 18.9 Å². The second-order valence-corrected chi connectivity index (χ2v) is 8.33. The summed E-state index contributed by atoms with van der Waals surface area (Å²) in [6.45, 7) is 5.29. The number of rotatable bonds is 4. The molecule has 0 aromatic heterocycles. The molecule has 1 aromatic rings. The molecule has 32 heavy (non-hydrogen) atoms. The molecule has 2 aliphatic rings. The third-order valence-corrected chi connectivity index (χ3v) is 5.61. The third kappa shape index (κ3) is 4.81. The van der Waals surface area contributed by atoms with Crippen molar-refractivity contribution in [1.29, 1.82) is 0 Å². The van der Waals surface area contributed by atoms with Gasteiger partial charge < -0.3 is 18.9 Å². The van der Waals surface area contributed by atoms with Crippen molar-refractivity contribution in [2.24, 2.45) is 0 Å². The summed E-state index contributed by atoms with van der Waals surface area (Å²) in [5.74, 6) is -2.84. The van der Waals surface area contributed by atoms with Crippen LogP contribution in [0.4, 0.5) is 0 Å². The zero-order chi connectivity index (χ0) is 23.7. The average Bonchev–Trinajstić information content (AvgIpc) is 2.67. The minimum absolute atomic E-state index is 0.0479. The Balaban J connectivity index is 2.07. The van der Waals surface area contributed by atoms with Crippen LogP contribution in [-0.2, 0) is 28.6 Å². The molecule has 1 aliphatic carbocycles. The van der Waals surface area contributed by atoms with E-state index in [1.807, 2.05) is 0 Å². The van der Waals surface area contributed by atoms with E-state index in [1.165, 1.54) is 32.9 Å². The molecule has 1 aliphatic heterocycles. The number of hydrogen-bond donors (Lipinski definition) is 0. The molecule has 1 fully saturated rings. The highest BCUT2D eigenvalue weighted by molar-refractivity contribution is 9.12. The minimum Gasteiger partial charge on any atom is -0.458 e. The van der Waals surface area contributed by atoms with E-state index in [-0.39, 0.29) is 27.8 Å². The number of halogens is 1. The first kappa shape index (κ1) is 23.8. The standard InChI is InChI=1S/C22H21BrO9/c1-9-21(31-11(3)25)18(30-10(2)24)8-17(29-9)13-5-6-14-19(22(13)32-12(4)26)16(27)7-15(23)20(14)28/h5-7,9,17-18,21H,8H2,1-4H3/t9-,17-,18-,21-/m1/s1. The van der Waals surface area contributed by atoms with Crippen molar-refractivity contribution >= 4 is 45.4 Å². The number of hydrogen-bond acceptors (Lipinski definition) is 9. The molecule has 170 valence electrons. The van der Waals surface area contributed by atoms with Crippen molar-refractivity contribution in [2.45, 2.75) is 58.5 Å². The van der Waals surface area contributed by atoms with Gasteiger partial charge in [-0.25, -0.2) is 0 Å². The van der Waals surface area contributed by atoms with Gasteiger partial charge in [0, 0.05) is 44.4 Å². The number of esters is 3. The van der Waals surface area contributed by atoms with Crippen molar-refractivity contribution < 1.29 is 42.9 Å². The molecule has 4 atom stereocenters. The topological polar surface area (TPSA) is 122 Å². The summed E-state index contributed by atoms with van der Waals surface area (Å²) in [7, 11) is 0. The smallest absolute Gasteiger partial charge is 0.308 e. The number of ether oxygens (including phenoxy) is 4. The molecule has 0 amide bonds. The van der Waals surface area contributed by atoms with Crippen LogP contribution in [0.1, 0.15) is 66.5 Å². The fourth-order valence-corrected chi connectivity index (χ4v) is 4.27. The number of Topliss-reactive ketones (excluding diaryl/α,β-unsaturated/α-hetero) is 1. The Kier molecular flexibility index (Phi) is 6.94. The van der Waals surface area contributed by atoms with Crippen LogP contribution in [-0.4, -0.2) is 47.8 Å². The maximum Gasteiger partial charge on any atom is 0.308 e. The third-order valence-electron chi connectivity index (χ3n) is 5.02. The normalized spacial score (nSPS) is 24.8. The maximum atomic E-state index is 12.7. The minimum atomic E-state index is -0.843. The monoisotopic (exact) mass is 508 g/mol. The van der Waals surface area contributed by atoms with Crippen LogP contribution in [0.25, 0.3) is 0 Å². The molecule has 1 saturated heterocycles. The SMILES string of the molecule is CC(=O)Oc1c([C@H]2C[C@@H](OC(C)=O)[C@H](OC(C)=O)[C@@H](C)O2)ccc2c1C(=O)C=C(Br)C2=O. The van der Waals surface area contributed by atoms with Gasteiger partial charge in [-0.05, 0) is 28.9 Å². The zero-order valence-corrected chi connectivity index (χ0v) is 19.4. The molecule has 9 nitrogen and oxygen atoms in total. The Morgan fingerprint density at radius 2 is 1.69 bits per heavy atom. The van der Waals surface area contributed by atoms with Gasteiger partial charge >= 0.3 is 17.9 Å². The van der Waals surface area contributed by atoms with E-state index < -0.39 is 53.9 Å². The summed E-state index contributed by atoms with van der Waals surface area (Å²) in [6.07, 6.45) is -1.96. The van der Waals surface area contributed by atoms with Crippen molar-refractivity contribution in [3.05, 3.63) is 39.4 Å². The van der Waals surface area contributed by atoms with Gasteiger partial charge in [0.05, 0.1) is 22.3 Å². The van der Waals surface area contributed by atoms with Gasteiger partial charge in [-0.2, -0.15) is 0 Å². The van der Waals surface area contributed by atoms with Gasteiger partial charge in [0.2, 0.25) is 5.78 Å². The molecule has 1 aromatic carbocycles. The lowest BCUT2D eigenvalue weighted by atomic mass is 9.87. The molecule has 0 saturated carbocycles. The number of benzene rings is 1. The predicted molar refractivity (Wildman–Crippen MR) is 112 cm³/mol. The number of fused-ring (bicyclic) bond motifs is 1. The van der Waals surface area contributed by atoms with E-state index in [0.717, 1.165) is 6.08 Å². The van der Waals surface area contributed by atoms with Gasteiger partial charge in [0.1, 0.15) is 11.9 Å². The summed E-state index contributed by atoms with van der Waals surface area (Å²) < 4.78 is 22.1. The van der Waals surface area contributed by atoms with Crippen LogP contribution >= 0.6 is 15.9 Å². The van der Waals surface area contributed by atoms with Crippen molar-refractivity contribution in [3.63, 3.8) is 0 Å². The van der Waals surface area contributed by atoms with Gasteiger partial charge in [-0.15, -0.1) is 0 Å². The van der Waals surface area contributed by atoms with E-state index in [0.29, 0.717) is 5.56 Å². The van der Waals surface area contributed by atoms with Crippen molar-refractivity contribution in [3.8, 4) is 5.75 Å². The van der Waals surface area contributed by atoms with Crippen molar-refractivity contribution in [2.75, 3.05) is 0 Å². The first-order valence-electron chi connectivity index (χ1n) is 9.81. The van der Waals surface area contributed by atoms with Crippen LogP contribution in [0.2, 0.25) is 0 Å². The van der Waals surface area contributed by atoms with E-state index >= 15 is 0 Å². The lowest BCUT2D eigenvalue weighted by Crippen LogP contribution is -2.48. The average molecular weight is 509 g/mol. The Hall–Kier alpha value is -2.85. The Morgan fingerprint density at radius 3 is 2.28 bits per heavy atom. The molecule has 3 rings (SSSR count). The maximum absolute atomic E-state index is 12.7. The molecule has 0 bridgehead atoms. The molecule has 0 unspecified atom stereocenters. The second-order valence-electron chi connectivity index (χ2n) is 7.47. The Bertz CT molecular complexity index is 1040. The number of carbonyl (C=O) groups excluding carboxylic acids is 5. The summed E-state index contributed by atoms with van der Waals surface area (Å²) in [4.78, 5) is 60.2. The highest BCUT2D eigenvalue weighted by Gasteiger charge is 2.43. The van der Waals surface area contributed by atoms with Crippen molar-refractivity contribution in [1.82, 2.24) is 0 Å². The largest absolute Gasteiger partial charge is 0.458 e. The number of allylic oxidation sites excluding steroid dienone is 2. The Labute approximate surface area is 192 Å². The molecule has 0 radical (unpaired) electrons. The van der Waals surface area contributed by atoms with E-state index in [2.05, 4.69) is 15.9 Å². The fourth-order valence-electron chi connectivity index (χ4n) is 3.85. The lowest BCUT2D eigenvalue weighted by molar-refractivity contribution is -0.204. The quantitative estimate of drug-likeness (QED) is 0.445. The Morgan fingerprint density at radius 1 is 1.03 bits per heavy atom. The number of carbonyl (C=O) groups is 5. The molecular formula is C22H21BrO9. The van der Waals surface area contributed by atoms with Crippen LogP contribution in [0.15, 0.2) is 22.7 Å². The lowest BCUT2D eigenvalue weighted by Gasteiger charge is -2.39. The molecular weight excluding hydrogens is 488 g/mol. The van der Waals surface area contributed by atoms with E-state index in [1.54, 1.807) is 6.92 Å². The fraction of sp³-hybridized carbons (Fsp3) is 0.409. The predicted octanol–water partition coefficient (Wildman–Crippen LogP) is 2.98. The molecule has 0 N–H and O–H groups in total.